The van der Waals surface area contributed by atoms with Crippen LogP contribution in [0.5, 0.6) is 0 Å². The zero-order valence-corrected chi connectivity index (χ0v) is 22.2. The van der Waals surface area contributed by atoms with Crippen LogP contribution in [0.3, 0.4) is 0 Å². The quantitative estimate of drug-likeness (QED) is 0.320. The second-order valence-electron chi connectivity index (χ2n) is 9.86. The fourth-order valence-electron chi connectivity index (χ4n) is 4.90. The minimum absolute atomic E-state index is 0.238. The van der Waals surface area contributed by atoms with Gasteiger partial charge in [0, 0.05) is 31.6 Å². The second-order valence-corrected chi connectivity index (χ2v) is 9.86. The van der Waals surface area contributed by atoms with E-state index in [4.69, 9.17) is 4.98 Å². The van der Waals surface area contributed by atoms with Gasteiger partial charge in [0.25, 0.3) is 5.56 Å². The summed E-state index contributed by atoms with van der Waals surface area (Å²) in [5.41, 5.74) is 4.36. The third-order valence-electron chi connectivity index (χ3n) is 6.62. The Kier molecular flexibility index (Phi) is 7.04. The van der Waals surface area contributed by atoms with E-state index in [0.717, 1.165) is 28.1 Å². The van der Waals surface area contributed by atoms with Crippen molar-refractivity contribution in [2.24, 2.45) is 5.92 Å². The molecule has 10 heteroatoms. The van der Waals surface area contributed by atoms with Gasteiger partial charge in [-0.25, -0.2) is 9.78 Å². The van der Waals surface area contributed by atoms with E-state index in [2.05, 4.69) is 58.7 Å². The Labute approximate surface area is 220 Å². The number of aromatic nitrogens is 8. The van der Waals surface area contributed by atoms with Crippen molar-refractivity contribution in [1.82, 2.24) is 39.3 Å². The van der Waals surface area contributed by atoms with Crippen molar-refractivity contribution in [3.8, 4) is 22.5 Å². The zero-order chi connectivity index (χ0) is 26.8. The van der Waals surface area contributed by atoms with Crippen LogP contribution in [0.2, 0.25) is 0 Å². The molecule has 0 radical (unpaired) electrons. The molecule has 196 valence electrons. The summed E-state index contributed by atoms with van der Waals surface area (Å²) in [5.74, 6) is 1.56. The first-order valence-corrected chi connectivity index (χ1v) is 13.1. The van der Waals surface area contributed by atoms with Crippen molar-refractivity contribution in [3.63, 3.8) is 0 Å². The van der Waals surface area contributed by atoms with Gasteiger partial charge in [0.1, 0.15) is 5.82 Å². The van der Waals surface area contributed by atoms with Gasteiger partial charge in [-0.2, -0.15) is 5.21 Å². The number of hydrogen-bond donors (Lipinski definition) is 1. The van der Waals surface area contributed by atoms with Gasteiger partial charge >= 0.3 is 5.69 Å². The van der Waals surface area contributed by atoms with Crippen LogP contribution in [0.4, 0.5) is 0 Å². The third-order valence-corrected chi connectivity index (χ3v) is 6.62. The van der Waals surface area contributed by atoms with Gasteiger partial charge in [0.15, 0.2) is 11.2 Å². The van der Waals surface area contributed by atoms with E-state index in [0.29, 0.717) is 49.5 Å². The molecule has 3 aromatic heterocycles. The lowest BCUT2D eigenvalue weighted by Gasteiger charge is -2.14. The maximum atomic E-state index is 13.6. The van der Waals surface area contributed by atoms with Crippen molar-refractivity contribution in [1.29, 1.82) is 0 Å². The molecule has 0 aliphatic heterocycles. The topological polar surface area (TPSA) is 116 Å². The standard InChI is InChI=1S/C28H32N8O2/c1-5-15-34-27(37)24-26(36(28(34)38)16-18(3)4)29-23(6-2)35(24)17-19-11-13-20(14-12-19)21-9-7-8-10-22(21)25-30-32-33-31-25/h7-14,18H,5-6,15-17H2,1-4H3,(H,30,31,32,33). The predicted molar refractivity (Wildman–Crippen MR) is 147 cm³/mol. The van der Waals surface area contributed by atoms with E-state index in [1.807, 2.05) is 42.7 Å². The van der Waals surface area contributed by atoms with Crippen LogP contribution >= 0.6 is 0 Å². The zero-order valence-electron chi connectivity index (χ0n) is 22.2. The highest BCUT2D eigenvalue weighted by molar-refractivity contribution is 5.80. The van der Waals surface area contributed by atoms with Crippen molar-refractivity contribution in [3.05, 3.63) is 80.8 Å². The summed E-state index contributed by atoms with van der Waals surface area (Å²) in [5, 5.41) is 14.5. The number of aromatic amines is 1. The van der Waals surface area contributed by atoms with E-state index in [1.165, 1.54) is 4.57 Å². The summed E-state index contributed by atoms with van der Waals surface area (Å²) >= 11 is 0. The van der Waals surface area contributed by atoms with E-state index in [1.54, 1.807) is 4.57 Å². The summed E-state index contributed by atoms with van der Waals surface area (Å²) in [6.07, 6.45) is 1.35. The number of H-pyrrole nitrogens is 1. The molecule has 0 unspecified atom stereocenters. The number of tetrazole rings is 1. The number of benzene rings is 2. The molecule has 5 aromatic rings. The molecule has 0 saturated carbocycles. The molecular weight excluding hydrogens is 480 g/mol. The van der Waals surface area contributed by atoms with Crippen LogP contribution < -0.4 is 11.2 Å². The normalized spacial score (nSPS) is 11.6. The number of fused-ring (bicyclic) bond motifs is 1. The molecule has 0 fully saturated rings. The van der Waals surface area contributed by atoms with E-state index < -0.39 is 0 Å². The van der Waals surface area contributed by atoms with Gasteiger partial charge in [-0.15, -0.1) is 10.2 Å². The highest BCUT2D eigenvalue weighted by atomic mass is 16.2. The summed E-state index contributed by atoms with van der Waals surface area (Å²) in [4.78, 5) is 31.6. The van der Waals surface area contributed by atoms with Crippen molar-refractivity contribution in [2.45, 2.75) is 60.2 Å². The summed E-state index contributed by atoms with van der Waals surface area (Å²) < 4.78 is 5.01. The minimum Gasteiger partial charge on any atom is -0.318 e. The molecule has 0 atom stereocenters. The maximum Gasteiger partial charge on any atom is 0.332 e. The summed E-state index contributed by atoms with van der Waals surface area (Å²) in [7, 11) is 0. The monoisotopic (exact) mass is 512 g/mol. The molecule has 10 nitrogen and oxygen atoms in total. The highest BCUT2D eigenvalue weighted by Crippen LogP contribution is 2.30. The molecular formula is C28H32N8O2. The molecule has 0 amide bonds. The first kappa shape index (κ1) is 25.3. The van der Waals surface area contributed by atoms with E-state index in [9.17, 15) is 9.59 Å². The molecule has 0 bridgehead atoms. The van der Waals surface area contributed by atoms with Crippen LogP contribution in [0.15, 0.2) is 58.1 Å². The Morgan fingerprint density at radius 1 is 0.921 bits per heavy atom. The van der Waals surface area contributed by atoms with Crippen LogP contribution in [0, 0.1) is 5.92 Å². The van der Waals surface area contributed by atoms with Crippen LogP contribution in [-0.2, 0) is 26.1 Å². The molecule has 5 rings (SSSR count). The largest absolute Gasteiger partial charge is 0.332 e. The van der Waals surface area contributed by atoms with Gasteiger partial charge in [-0.3, -0.25) is 13.9 Å². The Balaban J connectivity index is 1.58. The van der Waals surface area contributed by atoms with Gasteiger partial charge in [0.2, 0.25) is 5.82 Å². The lowest BCUT2D eigenvalue weighted by atomic mass is 9.98. The molecule has 3 heterocycles. The minimum atomic E-state index is -0.282. The maximum absolute atomic E-state index is 13.6. The SMILES string of the molecule is CCCn1c(=O)c2c(nc(CC)n2Cc2ccc(-c3ccccc3-c3nn[nH]n3)cc2)n(CC(C)C)c1=O. The molecule has 0 spiro atoms. The predicted octanol–water partition coefficient (Wildman–Crippen LogP) is 3.88. The molecule has 38 heavy (non-hydrogen) atoms. The number of nitrogens with zero attached hydrogens (tertiary/aromatic N) is 7. The first-order chi connectivity index (χ1) is 18.4. The molecule has 0 aliphatic rings. The Hall–Kier alpha value is -4.34. The smallest absolute Gasteiger partial charge is 0.318 e. The van der Waals surface area contributed by atoms with Crippen LogP contribution in [-0.4, -0.2) is 39.3 Å². The lowest BCUT2D eigenvalue weighted by Crippen LogP contribution is -2.41. The Morgan fingerprint density at radius 3 is 2.29 bits per heavy atom. The average Bonchev–Trinajstić information content (AvgIpc) is 3.58. The fraction of sp³-hybridized carbons (Fsp3) is 0.357. The number of rotatable bonds is 9. The van der Waals surface area contributed by atoms with Gasteiger partial charge in [-0.05, 0) is 34.2 Å². The second kappa shape index (κ2) is 10.6. The number of imidazole rings is 1. The van der Waals surface area contributed by atoms with Crippen LogP contribution in [0.1, 0.15) is 45.5 Å². The molecule has 1 N–H and O–H groups in total. The first-order valence-electron chi connectivity index (χ1n) is 13.1. The van der Waals surface area contributed by atoms with Crippen molar-refractivity contribution >= 4 is 11.2 Å². The average molecular weight is 513 g/mol. The van der Waals surface area contributed by atoms with Gasteiger partial charge in [0.05, 0.1) is 0 Å². The van der Waals surface area contributed by atoms with Gasteiger partial charge < -0.3 is 4.57 Å². The molecule has 0 aliphatic carbocycles. The number of hydrogen-bond acceptors (Lipinski definition) is 6. The molecule has 0 saturated heterocycles. The fourth-order valence-corrected chi connectivity index (χ4v) is 4.90. The molecule has 2 aromatic carbocycles. The van der Waals surface area contributed by atoms with E-state index >= 15 is 0 Å². The lowest BCUT2D eigenvalue weighted by molar-refractivity contribution is 0.484. The number of nitrogens with one attached hydrogen (secondary N) is 1. The van der Waals surface area contributed by atoms with E-state index in [-0.39, 0.29) is 17.2 Å². The van der Waals surface area contributed by atoms with Crippen LogP contribution in [0.25, 0.3) is 33.7 Å². The van der Waals surface area contributed by atoms with Crippen molar-refractivity contribution in [2.75, 3.05) is 0 Å². The number of aryl methyl sites for hydroxylation is 1. The summed E-state index contributed by atoms with van der Waals surface area (Å²) in [6, 6.07) is 16.2. The highest BCUT2D eigenvalue weighted by Gasteiger charge is 2.21. The van der Waals surface area contributed by atoms with Crippen molar-refractivity contribution < 1.29 is 0 Å². The Morgan fingerprint density at radius 2 is 1.66 bits per heavy atom. The third kappa shape index (κ3) is 4.57. The van der Waals surface area contributed by atoms with Gasteiger partial charge in [-0.1, -0.05) is 76.2 Å². The summed E-state index contributed by atoms with van der Waals surface area (Å²) in [6.45, 7) is 9.48. The Bertz CT molecular complexity index is 1680.